The standard InChI is InChI=1S/C8H7ClO3S3/c1-4-2-6(10)5-3-7(15(9,11)12)14-8(5)13-4/h3-4H,2H2,1H3/t4-/m1/s1. The second-order valence-corrected chi connectivity index (χ2v) is 8.81. The summed E-state index contributed by atoms with van der Waals surface area (Å²) in [6, 6.07) is 1.38. The molecular weight excluding hydrogens is 276 g/mol. The molecule has 0 aliphatic carbocycles. The van der Waals surface area contributed by atoms with Crippen LogP contribution in [0.4, 0.5) is 0 Å². The summed E-state index contributed by atoms with van der Waals surface area (Å²) >= 11 is 2.60. The van der Waals surface area contributed by atoms with Crippen LogP contribution >= 0.6 is 33.8 Å². The van der Waals surface area contributed by atoms with E-state index < -0.39 is 9.05 Å². The second kappa shape index (κ2) is 3.76. The second-order valence-electron chi connectivity index (χ2n) is 3.26. The highest BCUT2D eigenvalue weighted by Gasteiger charge is 2.28. The molecule has 3 nitrogen and oxygen atoms in total. The third kappa shape index (κ3) is 2.22. The summed E-state index contributed by atoms with van der Waals surface area (Å²) in [4.78, 5) is 11.6. The lowest BCUT2D eigenvalue weighted by molar-refractivity contribution is 0.0979. The SMILES string of the molecule is C[C@@H]1CC(=O)c2cc(S(=O)(=O)Cl)sc2S1. The average molecular weight is 283 g/mol. The number of ketones is 1. The maximum atomic E-state index is 11.6. The third-order valence-corrected chi connectivity index (χ3v) is 6.54. The van der Waals surface area contributed by atoms with Crippen LogP contribution in [0.15, 0.2) is 14.5 Å². The van der Waals surface area contributed by atoms with Gasteiger partial charge < -0.3 is 0 Å². The minimum atomic E-state index is -3.71. The molecule has 0 saturated heterocycles. The molecule has 0 amide bonds. The fourth-order valence-corrected chi connectivity index (χ4v) is 5.33. The number of hydrogen-bond acceptors (Lipinski definition) is 5. The number of Topliss-reactive ketones (excluding diaryl/α,β-unsaturated/α-hetero) is 1. The number of hydrogen-bond donors (Lipinski definition) is 0. The van der Waals surface area contributed by atoms with Gasteiger partial charge in [0.1, 0.15) is 4.21 Å². The Morgan fingerprint density at radius 1 is 1.53 bits per heavy atom. The van der Waals surface area contributed by atoms with Gasteiger partial charge in [-0.1, -0.05) is 6.92 Å². The molecule has 82 valence electrons. The molecule has 0 spiro atoms. The van der Waals surface area contributed by atoms with Gasteiger partial charge in [-0.05, 0) is 6.07 Å². The van der Waals surface area contributed by atoms with Gasteiger partial charge in [0.25, 0.3) is 9.05 Å². The van der Waals surface area contributed by atoms with Gasteiger partial charge >= 0.3 is 0 Å². The maximum Gasteiger partial charge on any atom is 0.270 e. The highest BCUT2D eigenvalue weighted by Crippen LogP contribution is 2.42. The quantitative estimate of drug-likeness (QED) is 0.743. The van der Waals surface area contributed by atoms with Crippen molar-refractivity contribution >= 4 is 48.6 Å². The van der Waals surface area contributed by atoms with Crippen molar-refractivity contribution in [2.24, 2.45) is 0 Å². The molecule has 0 N–H and O–H groups in total. The summed E-state index contributed by atoms with van der Waals surface area (Å²) in [7, 11) is 1.51. The zero-order chi connectivity index (χ0) is 11.2. The Kier molecular flexibility index (Phi) is 2.87. The van der Waals surface area contributed by atoms with Crippen molar-refractivity contribution in [1.82, 2.24) is 0 Å². The molecule has 0 bridgehead atoms. The van der Waals surface area contributed by atoms with E-state index in [2.05, 4.69) is 0 Å². The first-order valence-electron chi connectivity index (χ1n) is 4.16. The summed E-state index contributed by atoms with van der Waals surface area (Å²) < 4.78 is 23.0. The van der Waals surface area contributed by atoms with Gasteiger partial charge in [-0.15, -0.1) is 23.1 Å². The van der Waals surface area contributed by atoms with Gasteiger partial charge in [-0.3, -0.25) is 4.79 Å². The van der Waals surface area contributed by atoms with Crippen LogP contribution in [-0.2, 0) is 9.05 Å². The van der Waals surface area contributed by atoms with Gasteiger partial charge in [0, 0.05) is 27.9 Å². The van der Waals surface area contributed by atoms with E-state index in [1.807, 2.05) is 6.92 Å². The summed E-state index contributed by atoms with van der Waals surface area (Å²) in [6.07, 6.45) is 0.455. The number of rotatable bonds is 1. The zero-order valence-electron chi connectivity index (χ0n) is 7.69. The van der Waals surface area contributed by atoms with Crippen LogP contribution in [0.5, 0.6) is 0 Å². The Hall–Kier alpha value is -0.0400. The molecule has 2 rings (SSSR count). The molecule has 7 heteroatoms. The van der Waals surface area contributed by atoms with Gasteiger partial charge in [0.2, 0.25) is 0 Å². The van der Waals surface area contributed by atoms with E-state index in [4.69, 9.17) is 10.7 Å². The van der Waals surface area contributed by atoms with Crippen molar-refractivity contribution in [2.45, 2.75) is 27.0 Å². The number of thioether (sulfide) groups is 1. The molecule has 0 radical (unpaired) electrons. The van der Waals surface area contributed by atoms with Crippen LogP contribution in [0.25, 0.3) is 0 Å². The maximum absolute atomic E-state index is 11.6. The van der Waals surface area contributed by atoms with Gasteiger partial charge in [-0.2, -0.15) is 0 Å². The fraction of sp³-hybridized carbons (Fsp3) is 0.375. The lowest BCUT2D eigenvalue weighted by Gasteiger charge is -2.15. The molecular formula is C8H7ClO3S3. The molecule has 15 heavy (non-hydrogen) atoms. The molecule has 0 fully saturated rings. The van der Waals surface area contributed by atoms with Crippen LogP contribution in [-0.4, -0.2) is 19.5 Å². The van der Waals surface area contributed by atoms with Gasteiger partial charge in [-0.25, -0.2) is 8.42 Å². The molecule has 2 heterocycles. The predicted molar refractivity (Wildman–Crippen MR) is 61.6 cm³/mol. The molecule has 1 aromatic heterocycles. The Labute approximate surface area is 100 Å². The highest BCUT2D eigenvalue weighted by atomic mass is 35.7. The van der Waals surface area contributed by atoms with Crippen LogP contribution in [0, 0.1) is 0 Å². The van der Waals surface area contributed by atoms with E-state index in [9.17, 15) is 13.2 Å². The smallest absolute Gasteiger partial charge is 0.270 e. The van der Waals surface area contributed by atoms with Gasteiger partial charge in [0.15, 0.2) is 5.78 Å². The van der Waals surface area contributed by atoms with Crippen LogP contribution in [0.3, 0.4) is 0 Å². The first-order chi connectivity index (χ1) is 6.88. The third-order valence-electron chi connectivity index (χ3n) is 2.00. The largest absolute Gasteiger partial charge is 0.294 e. The summed E-state index contributed by atoms with van der Waals surface area (Å²) in [5, 5.41) is 0.203. The topological polar surface area (TPSA) is 51.2 Å². The lowest BCUT2D eigenvalue weighted by atomic mass is 10.1. The number of halogens is 1. The Balaban J connectivity index is 2.53. The molecule has 0 saturated carbocycles. The normalized spacial score (nSPS) is 21.5. The van der Waals surface area contributed by atoms with E-state index in [1.54, 1.807) is 0 Å². The average Bonchev–Trinajstić information content (AvgIpc) is 2.46. The van der Waals surface area contributed by atoms with Crippen LogP contribution in [0.1, 0.15) is 23.7 Å². The fourth-order valence-electron chi connectivity index (χ4n) is 1.35. The Morgan fingerprint density at radius 3 is 2.80 bits per heavy atom. The van der Waals surface area contributed by atoms with E-state index in [0.717, 1.165) is 15.5 Å². The molecule has 1 aliphatic rings. The number of thiophene rings is 1. The monoisotopic (exact) mass is 282 g/mol. The summed E-state index contributed by atoms with van der Waals surface area (Å²) in [5.74, 6) is -0.000864. The van der Waals surface area contributed by atoms with Crippen LogP contribution in [0.2, 0.25) is 0 Å². The van der Waals surface area contributed by atoms with E-state index >= 15 is 0 Å². The predicted octanol–water partition coefficient (Wildman–Crippen LogP) is 2.74. The first-order valence-corrected chi connectivity index (χ1v) is 8.17. The lowest BCUT2D eigenvalue weighted by Crippen LogP contribution is -2.12. The molecule has 1 atom stereocenters. The number of fused-ring (bicyclic) bond motifs is 1. The van der Waals surface area contributed by atoms with Crippen molar-refractivity contribution in [3.8, 4) is 0 Å². The highest BCUT2D eigenvalue weighted by molar-refractivity contribution is 8.15. The van der Waals surface area contributed by atoms with E-state index in [1.165, 1.54) is 17.8 Å². The van der Waals surface area contributed by atoms with Gasteiger partial charge in [0.05, 0.1) is 4.21 Å². The van der Waals surface area contributed by atoms with Crippen molar-refractivity contribution in [2.75, 3.05) is 0 Å². The van der Waals surface area contributed by atoms with E-state index in [-0.39, 0.29) is 15.2 Å². The van der Waals surface area contributed by atoms with Crippen molar-refractivity contribution in [3.05, 3.63) is 11.6 Å². The summed E-state index contributed by atoms with van der Waals surface area (Å²) in [5.41, 5.74) is 0.502. The van der Waals surface area contributed by atoms with Crippen molar-refractivity contribution in [1.29, 1.82) is 0 Å². The first kappa shape index (κ1) is 11.4. The number of carbonyl (C=O) groups excluding carboxylic acids is 1. The van der Waals surface area contributed by atoms with Crippen molar-refractivity contribution < 1.29 is 13.2 Å². The Bertz CT molecular complexity index is 517. The minimum Gasteiger partial charge on any atom is -0.294 e. The molecule has 0 aromatic carbocycles. The van der Waals surface area contributed by atoms with Crippen molar-refractivity contribution in [3.63, 3.8) is 0 Å². The molecule has 1 aromatic rings. The summed E-state index contributed by atoms with van der Waals surface area (Å²) in [6.45, 7) is 1.94. The zero-order valence-corrected chi connectivity index (χ0v) is 10.9. The molecule has 1 aliphatic heterocycles. The van der Waals surface area contributed by atoms with Crippen LogP contribution < -0.4 is 0 Å². The molecule has 0 unspecified atom stereocenters. The van der Waals surface area contributed by atoms with E-state index in [0.29, 0.717) is 12.0 Å². The minimum absolute atomic E-state index is 0.000864. The Morgan fingerprint density at radius 2 is 2.20 bits per heavy atom. The number of carbonyl (C=O) groups is 1.